The number of nitrogens with zero attached hydrogens (tertiary/aromatic N) is 1. The Balaban J connectivity index is 2.48. The molecule has 0 saturated carbocycles. The largest absolute Gasteiger partial charge is 0.481 e. The molecular weight excluding hydrogens is 238 g/mol. The number of rotatable bonds is 4. The number of amides is 1. The average molecular weight is 255 g/mol. The molecule has 0 unspecified atom stereocenters. The molecule has 1 amide bonds. The van der Waals surface area contributed by atoms with Crippen LogP contribution >= 0.6 is 0 Å². The molecule has 0 aliphatic carbocycles. The third-order valence-corrected chi connectivity index (χ3v) is 1.85. The Bertz CT molecular complexity index is 434. The van der Waals surface area contributed by atoms with Crippen molar-refractivity contribution in [2.24, 2.45) is 0 Å². The van der Waals surface area contributed by atoms with Crippen molar-refractivity contribution in [2.75, 3.05) is 5.32 Å². The van der Waals surface area contributed by atoms with Crippen LogP contribution in [0.4, 0.5) is 10.7 Å². The molecule has 0 saturated heterocycles. The molecule has 7 heteroatoms. The summed E-state index contributed by atoms with van der Waals surface area (Å²) in [7, 11) is 0. The number of anilines is 1. The number of carbonyl (C=O) groups is 2. The Kier molecular flexibility index (Phi) is 4.30. The number of carbonyl (C=O) groups excluding carboxylic acids is 1. The first-order valence-electron chi connectivity index (χ1n) is 5.52. The van der Waals surface area contributed by atoms with Gasteiger partial charge in [-0.2, -0.15) is 0 Å². The van der Waals surface area contributed by atoms with Crippen LogP contribution in [0.5, 0.6) is 0 Å². The van der Waals surface area contributed by atoms with Gasteiger partial charge < -0.3 is 14.8 Å². The maximum Gasteiger partial charge on any atom is 0.414 e. The summed E-state index contributed by atoms with van der Waals surface area (Å²) in [6, 6.07) is 0. The normalized spacial score (nSPS) is 11.1. The number of hydrogen-bond acceptors (Lipinski definition) is 4. The number of H-pyrrole nitrogens is 1. The van der Waals surface area contributed by atoms with Crippen LogP contribution in [0.15, 0.2) is 6.20 Å². The lowest BCUT2D eigenvalue weighted by Gasteiger charge is -2.18. The lowest BCUT2D eigenvalue weighted by atomic mass is 10.2. The smallest absolute Gasteiger partial charge is 0.414 e. The zero-order valence-electron chi connectivity index (χ0n) is 10.6. The van der Waals surface area contributed by atoms with Gasteiger partial charge in [0.1, 0.15) is 5.60 Å². The molecule has 1 heterocycles. The number of carboxylic acids is 1. The highest BCUT2D eigenvalue weighted by Crippen LogP contribution is 2.10. The first-order chi connectivity index (χ1) is 8.26. The van der Waals surface area contributed by atoms with Gasteiger partial charge in [0, 0.05) is 12.6 Å². The van der Waals surface area contributed by atoms with Crippen LogP contribution in [-0.4, -0.2) is 32.7 Å². The van der Waals surface area contributed by atoms with Gasteiger partial charge in [0.2, 0.25) is 5.95 Å². The third kappa shape index (κ3) is 5.33. The Morgan fingerprint density at radius 2 is 2.17 bits per heavy atom. The van der Waals surface area contributed by atoms with E-state index in [1.54, 1.807) is 27.0 Å². The highest BCUT2D eigenvalue weighted by molar-refractivity contribution is 5.82. The summed E-state index contributed by atoms with van der Waals surface area (Å²) < 4.78 is 5.04. The fraction of sp³-hybridized carbons (Fsp3) is 0.545. The Morgan fingerprint density at radius 3 is 2.72 bits per heavy atom. The van der Waals surface area contributed by atoms with Crippen LogP contribution in [0.2, 0.25) is 0 Å². The SMILES string of the molecule is CC(C)(C)OC(=O)Nc1nc(CCC(=O)O)c[nH]1. The molecule has 3 N–H and O–H groups in total. The van der Waals surface area contributed by atoms with Gasteiger partial charge in [0.15, 0.2) is 0 Å². The number of imidazole rings is 1. The molecule has 1 aromatic heterocycles. The fourth-order valence-corrected chi connectivity index (χ4v) is 1.19. The Morgan fingerprint density at radius 1 is 1.50 bits per heavy atom. The van der Waals surface area contributed by atoms with E-state index in [4.69, 9.17) is 9.84 Å². The van der Waals surface area contributed by atoms with Gasteiger partial charge in [-0.15, -0.1) is 0 Å². The minimum absolute atomic E-state index is 0.00324. The Hall–Kier alpha value is -2.05. The van der Waals surface area contributed by atoms with Crippen molar-refractivity contribution in [3.8, 4) is 0 Å². The molecule has 1 rings (SSSR count). The number of aromatic nitrogens is 2. The molecule has 0 aliphatic rings. The molecule has 0 bridgehead atoms. The topological polar surface area (TPSA) is 104 Å². The van der Waals surface area contributed by atoms with Crippen molar-refractivity contribution in [2.45, 2.75) is 39.2 Å². The zero-order chi connectivity index (χ0) is 13.8. The first kappa shape index (κ1) is 14.0. The van der Waals surface area contributed by atoms with Crippen molar-refractivity contribution in [1.29, 1.82) is 0 Å². The van der Waals surface area contributed by atoms with Crippen molar-refractivity contribution in [3.63, 3.8) is 0 Å². The molecule has 7 nitrogen and oxygen atoms in total. The van der Waals surface area contributed by atoms with Crippen LogP contribution in [0.25, 0.3) is 0 Å². The van der Waals surface area contributed by atoms with Gasteiger partial charge in [0.25, 0.3) is 0 Å². The monoisotopic (exact) mass is 255 g/mol. The lowest BCUT2D eigenvalue weighted by Crippen LogP contribution is -2.27. The molecule has 0 atom stereocenters. The average Bonchev–Trinajstić information content (AvgIpc) is 2.59. The van der Waals surface area contributed by atoms with E-state index in [2.05, 4.69) is 15.3 Å². The number of ether oxygens (including phenoxy) is 1. The second kappa shape index (κ2) is 5.52. The highest BCUT2D eigenvalue weighted by Gasteiger charge is 2.17. The van der Waals surface area contributed by atoms with Crippen molar-refractivity contribution in [1.82, 2.24) is 9.97 Å². The van der Waals surface area contributed by atoms with Crippen LogP contribution in [0.1, 0.15) is 32.9 Å². The Labute approximate surface area is 105 Å². The van der Waals surface area contributed by atoms with E-state index in [-0.39, 0.29) is 12.4 Å². The van der Waals surface area contributed by atoms with Crippen LogP contribution < -0.4 is 5.32 Å². The summed E-state index contributed by atoms with van der Waals surface area (Å²) in [5.41, 5.74) is -0.00790. The molecule has 0 fully saturated rings. The molecule has 1 aromatic rings. The minimum atomic E-state index is -0.889. The number of carboxylic acid groups (broad SMARTS) is 1. The second-order valence-corrected chi connectivity index (χ2v) is 4.76. The van der Waals surface area contributed by atoms with Gasteiger partial charge >= 0.3 is 12.1 Å². The van der Waals surface area contributed by atoms with Gasteiger partial charge in [-0.1, -0.05) is 0 Å². The predicted octanol–water partition coefficient (Wildman–Crippen LogP) is 1.77. The molecule has 100 valence electrons. The maximum absolute atomic E-state index is 11.4. The summed E-state index contributed by atoms with van der Waals surface area (Å²) >= 11 is 0. The first-order valence-corrected chi connectivity index (χ1v) is 5.52. The highest BCUT2D eigenvalue weighted by atomic mass is 16.6. The summed E-state index contributed by atoms with van der Waals surface area (Å²) in [5.74, 6) is -0.649. The molecule has 0 aliphatic heterocycles. The fourth-order valence-electron chi connectivity index (χ4n) is 1.19. The van der Waals surface area contributed by atoms with Gasteiger partial charge in [-0.25, -0.2) is 9.78 Å². The molecule has 0 aromatic carbocycles. The van der Waals surface area contributed by atoms with Gasteiger partial charge in [0.05, 0.1) is 12.1 Å². The van der Waals surface area contributed by atoms with Crippen molar-refractivity contribution in [3.05, 3.63) is 11.9 Å². The van der Waals surface area contributed by atoms with Crippen LogP contribution in [0, 0.1) is 0 Å². The standard InChI is InChI=1S/C11H17N3O4/c1-11(2,3)18-10(17)14-9-12-6-7(13-9)4-5-8(15)16/h6H,4-5H2,1-3H3,(H,15,16)(H2,12,13,14,17). The van der Waals surface area contributed by atoms with E-state index >= 15 is 0 Å². The number of aliphatic carboxylic acids is 1. The van der Waals surface area contributed by atoms with E-state index < -0.39 is 17.7 Å². The van der Waals surface area contributed by atoms with Crippen LogP contribution in [0.3, 0.4) is 0 Å². The lowest BCUT2D eigenvalue weighted by molar-refractivity contribution is -0.136. The quantitative estimate of drug-likeness (QED) is 0.760. The molecule has 0 radical (unpaired) electrons. The van der Waals surface area contributed by atoms with E-state index in [0.29, 0.717) is 12.1 Å². The molecule has 0 spiro atoms. The number of aryl methyl sites for hydroxylation is 1. The molecule has 18 heavy (non-hydrogen) atoms. The number of nitrogens with one attached hydrogen (secondary N) is 2. The van der Waals surface area contributed by atoms with Gasteiger partial charge in [-0.3, -0.25) is 10.1 Å². The summed E-state index contributed by atoms with van der Waals surface area (Å²) in [4.78, 5) is 28.6. The minimum Gasteiger partial charge on any atom is -0.481 e. The van der Waals surface area contributed by atoms with E-state index in [0.717, 1.165) is 0 Å². The van der Waals surface area contributed by atoms with E-state index in [1.807, 2.05) is 0 Å². The predicted molar refractivity (Wildman–Crippen MR) is 64.4 cm³/mol. The summed E-state index contributed by atoms with van der Waals surface area (Å²) in [6.45, 7) is 5.27. The molecular formula is C11H17N3O4. The third-order valence-electron chi connectivity index (χ3n) is 1.85. The van der Waals surface area contributed by atoms with Crippen molar-refractivity contribution < 1.29 is 19.4 Å². The van der Waals surface area contributed by atoms with E-state index in [1.165, 1.54) is 0 Å². The van der Waals surface area contributed by atoms with Crippen LogP contribution in [-0.2, 0) is 16.0 Å². The summed E-state index contributed by atoms with van der Waals surface area (Å²) in [6.07, 6.45) is 1.25. The van der Waals surface area contributed by atoms with Crippen molar-refractivity contribution >= 4 is 18.0 Å². The number of hydrogen-bond donors (Lipinski definition) is 3. The number of aromatic amines is 1. The van der Waals surface area contributed by atoms with E-state index in [9.17, 15) is 9.59 Å². The van der Waals surface area contributed by atoms with Gasteiger partial charge in [-0.05, 0) is 20.8 Å². The summed E-state index contributed by atoms with van der Waals surface area (Å²) in [5, 5.41) is 11.0. The second-order valence-electron chi connectivity index (χ2n) is 4.76. The maximum atomic E-state index is 11.4. The zero-order valence-corrected chi connectivity index (χ0v) is 10.6.